The number of hydrogen-bond donors (Lipinski definition) is 1. The fraction of sp³-hybridized carbons (Fsp3) is 0.385. The summed E-state index contributed by atoms with van der Waals surface area (Å²) >= 11 is 0. The third-order valence-electron chi connectivity index (χ3n) is 3.13. The highest BCUT2D eigenvalue weighted by molar-refractivity contribution is 5.90. The van der Waals surface area contributed by atoms with Crippen LogP contribution in [-0.4, -0.2) is 20.9 Å². The van der Waals surface area contributed by atoms with Crippen LogP contribution in [0.15, 0.2) is 24.4 Å². The first-order valence-corrected chi connectivity index (χ1v) is 5.67. The van der Waals surface area contributed by atoms with Gasteiger partial charge in [-0.3, -0.25) is 9.48 Å². The average Bonchev–Trinajstić information content (AvgIpc) is 2.70. The standard InChI is InChI=1S/C13H16N2O2/c1-4-15-8-9-10(13(2,3)12(16)17)6-5-7-11(9)14-15/h5-8H,4H2,1-3H3,(H,16,17). The summed E-state index contributed by atoms with van der Waals surface area (Å²) < 4.78 is 1.83. The van der Waals surface area contributed by atoms with E-state index in [1.165, 1.54) is 0 Å². The molecular weight excluding hydrogens is 216 g/mol. The van der Waals surface area contributed by atoms with Gasteiger partial charge in [0.25, 0.3) is 0 Å². The van der Waals surface area contributed by atoms with Crippen molar-refractivity contribution in [3.05, 3.63) is 30.0 Å². The molecule has 4 nitrogen and oxygen atoms in total. The lowest BCUT2D eigenvalue weighted by Crippen LogP contribution is -2.28. The Balaban J connectivity index is 2.69. The Hall–Kier alpha value is -1.84. The Morgan fingerprint density at radius 3 is 2.76 bits per heavy atom. The Kier molecular flexibility index (Phi) is 2.65. The molecule has 2 rings (SSSR count). The van der Waals surface area contributed by atoms with Crippen molar-refractivity contribution < 1.29 is 9.90 Å². The van der Waals surface area contributed by atoms with Crippen molar-refractivity contribution >= 4 is 16.9 Å². The number of nitrogens with zero attached hydrogens (tertiary/aromatic N) is 2. The van der Waals surface area contributed by atoms with Crippen molar-refractivity contribution in [1.29, 1.82) is 0 Å². The zero-order valence-corrected chi connectivity index (χ0v) is 10.3. The normalized spacial score (nSPS) is 11.9. The Morgan fingerprint density at radius 2 is 2.18 bits per heavy atom. The van der Waals surface area contributed by atoms with Gasteiger partial charge in [-0.15, -0.1) is 0 Å². The van der Waals surface area contributed by atoms with Crippen molar-refractivity contribution in [2.45, 2.75) is 32.7 Å². The molecule has 0 atom stereocenters. The van der Waals surface area contributed by atoms with Crippen molar-refractivity contribution in [1.82, 2.24) is 9.78 Å². The lowest BCUT2D eigenvalue weighted by atomic mass is 9.83. The van der Waals surface area contributed by atoms with Crippen LogP contribution in [0.2, 0.25) is 0 Å². The third kappa shape index (κ3) is 1.79. The molecular formula is C13H16N2O2. The number of fused-ring (bicyclic) bond motifs is 1. The molecule has 0 bridgehead atoms. The zero-order chi connectivity index (χ0) is 12.6. The maximum Gasteiger partial charge on any atom is 0.313 e. The molecule has 1 heterocycles. The molecule has 0 spiro atoms. The van der Waals surface area contributed by atoms with E-state index < -0.39 is 11.4 Å². The number of rotatable bonds is 3. The summed E-state index contributed by atoms with van der Waals surface area (Å²) in [6.45, 7) is 6.22. The number of aliphatic carboxylic acids is 1. The predicted molar refractivity (Wildman–Crippen MR) is 66.1 cm³/mol. The summed E-state index contributed by atoms with van der Waals surface area (Å²) in [6.07, 6.45) is 1.91. The van der Waals surface area contributed by atoms with Gasteiger partial charge in [0.15, 0.2) is 0 Å². The van der Waals surface area contributed by atoms with Crippen molar-refractivity contribution in [2.24, 2.45) is 0 Å². The molecule has 0 radical (unpaired) electrons. The van der Waals surface area contributed by atoms with E-state index >= 15 is 0 Å². The smallest absolute Gasteiger partial charge is 0.313 e. The van der Waals surface area contributed by atoms with Crippen LogP contribution in [0.1, 0.15) is 26.3 Å². The van der Waals surface area contributed by atoms with Crippen molar-refractivity contribution in [3.63, 3.8) is 0 Å². The quantitative estimate of drug-likeness (QED) is 0.884. The summed E-state index contributed by atoms with van der Waals surface area (Å²) in [5.41, 5.74) is 0.752. The monoisotopic (exact) mass is 232 g/mol. The van der Waals surface area contributed by atoms with E-state index in [9.17, 15) is 9.90 Å². The van der Waals surface area contributed by atoms with Gasteiger partial charge >= 0.3 is 5.97 Å². The van der Waals surface area contributed by atoms with Gasteiger partial charge in [0.1, 0.15) is 0 Å². The van der Waals surface area contributed by atoms with E-state index in [0.717, 1.165) is 23.0 Å². The number of hydrogen-bond acceptors (Lipinski definition) is 2. The second-order valence-corrected chi connectivity index (χ2v) is 4.65. The van der Waals surface area contributed by atoms with Gasteiger partial charge in [-0.25, -0.2) is 0 Å². The molecule has 4 heteroatoms. The minimum Gasteiger partial charge on any atom is -0.481 e. The summed E-state index contributed by atoms with van der Waals surface area (Å²) in [5.74, 6) is -0.825. The van der Waals surface area contributed by atoms with Crippen LogP contribution in [0.5, 0.6) is 0 Å². The van der Waals surface area contributed by atoms with E-state index in [0.29, 0.717) is 0 Å². The van der Waals surface area contributed by atoms with Crippen LogP contribution < -0.4 is 0 Å². The fourth-order valence-corrected chi connectivity index (χ4v) is 1.91. The lowest BCUT2D eigenvalue weighted by molar-refractivity contribution is -0.142. The minimum atomic E-state index is -0.902. The van der Waals surface area contributed by atoms with Gasteiger partial charge in [0, 0.05) is 18.1 Å². The summed E-state index contributed by atoms with van der Waals surface area (Å²) in [4.78, 5) is 11.3. The van der Waals surface area contributed by atoms with Crippen molar-refractivity contribution in [3.8, 4) is 0 Å². The van der Waals surface area contributed by atoms with Crippen LogP contribution in [0.25, 0.3) is 10.9 Å². The van der Waals surface area contributed by atoms with Gasteiger partial charge in [-0.2, -0.15) is 5.10 Å². The Labute approximate surface area is 99.9 Å². The molecule has 0 saturated carbocycles. The molecule has 1 aromatic heterocycles. The molecule has 0 aliphatic heterocycles. The van der Waals surface area contributed by atoms with E-state index in [2.05, 4.69) is 5.10 Å². The zero-order valence-electron chi connectivity index (χ0n) is 10.3. The van der Waals surface area contributed by atoms with Gasteiger partial charge in [0.2, 0.25) is 0 Å². The molecule has 17 heavy (non-hydrogen) atoms. The number of carboxylic acids is 1. The molecule has 1 N–H and O–H groups in total. The highest BCUT2D eigenvalue weighted by Crippen LogP contribution is 2.30. The number of benzene rings is 1. The molecule has 2 aromatic rings. The van der Waals surface area contributed by atoms with Crippen LogP contribution in [0, 0.1) is 0 Å². The maximum absolute atomic E-state index is 11.3. The molecule has 0 amide bonds. The second kappa shape index (κ2) is 3.87. The van der Waals surface area contributed by atoms with Gasteiger partial charge in [-0.1, -0.05) is 12.1 Å². The molecule has 0 unspecified atom stereocenters. The van der Waals surface area contributed by atoms with Crippen LogP contribution in [0.3, 0.4) is 0 Å². The highest BCUT2D eigenvalue weighted by atomic mass is 16.4. The van der Waals surface area contributed by atoms with Gasteiger partial charge in [-0.05, 0) is 32.4 Å². The van der Waals surface area contributed by atoms with Gasteiger partial charge < -0.3 is 5.11 Å². The second-order valence-electron chi connectivity index (χ2n) is 4.65. The first-order valence-electron chi connectivity index (χ1n) is 5.67. The third-order valence-corrected chi connectivity index (χ3v) is 3.13. The van der Waals surface area contributed by atoms with E-state index in [1.54, 1.807) is 13.8 Å². The van der Waals surface area contributed by atoms with Crippen LogP contribution in [-0.2, 0) is 16.8 Å². The number of carboxylic acid groups (broad SMARTS) is 1. The topological polar surface area (TPSA) is 55.1 Å². The number of carbonyl (C=O) groups is 1. The van der Waals surface area contributed by atoms with E-state index in [1.807, 2.05) is 36.0 Å². The van der Waals surface area contributed by atoms with Crippen molar-refractivity contribution in [2.75, 3.05) is 0 Å². The van der Waals surface area contributed by atoms with Crippen LogP contribution in [0.4, 0.5) is 0 Å². The maximum atomic E-state index is 11.3. The summed E-state index contributed by atoms with van der Waals surface area (Å²) in [5, 5.41) is 14.6. The fourth-order valence-electron chi connectivity index (χ4n) is 1.91. The highest BCUT2D eigenvalue weighted by Gasteiger charge is 2.31. The average molecular weight is 232 g/mol. The largest absolute Gasteiger partial charge is 0.481 e. The molecule has 0 fully saturated rings. The number of aromatic nitrogens is 2. The molecule has 0 saturated heterocycles. The summed E-state index contributed by atoms with van der Waals surface area (Å²) in [6, 6.07) is 5.62. The number of aryl methyl sites for hydroxylation is 1. The molecule has 1 aromatic carbocycles. The molecule has 90 valence electrons. The first kappa shape index (κ1) is 11.6. The Morgan fingerprint density at radius 1 is 1.47 bits per heavy atom. The molecule has 0 aliphatic carbocycles. The van der Waals surface area contributed by atoms with E-state index in [-0.39, 0.29) is 0 Å². The Bertz CT molecular complexity index is 570. The first-order chi connectivity index (χ1) is 7.96. The minimum absolute atomic E-state index is 0.779. The molecule has 0 aliphatic rings. The predicted octanol–water partition coefficient (Wildman–Crippen LogP) is 2.42. The van der Waals surface area contributed by atoms with Crippen LogP contribution >= 0.6 is 0 Å². The summed E-state index contributed by atoms with van der Waals surface area (Å²) in [7, 11) is 0. The van der Waals surface area contributed by atoms with Gasteiger partial charge in [0.05, 0.1) is 10.9 Å². The van der Waals surface area contributed by atoms with E-state index in [4.69, 9.17) is 0 Å². The lowest BCUT2D eigenvalue weighted by Gasteiger charge is -2.20. The SMILES string of the molecule is CCn1cc2c(C(C)(C)C(=O)O)cccc2n1.